The molecule has 94 valence electrons. The predicted molar refractivity (Wildman–Crippen MR) is 74.2 cm³/mol. The number of amides is 1. The lowest BCUT2D eigenvalue weighted by Crippen LogP contribution is -2.10. The van der Waals surface area contributed by atoms with E-state index in [1.807, 2.05) is 30.3 Å². The maximum atomic E-state index is 10.6. The molecule has 2 rings (SSSR count). The average molecular weight is 280 g/mol. The van der Waals surface area contributed by atoms with E-state index < -0.39 is 0 Å². The molecule has 0 saturated heterocycles. The Morgan fingerprint density at radius 1 is 1.33 bits per heavy atom. The number of carbonyl (C=O) groups excluding carboxylic acids is 1. The minimum Gasteiger partial charge on any atom is -0.370 e. The summed E-state index contributed by atoms with van der Waals surface area (Å²) in [6, 6.07) is 9.77. The molecule has 1 aromatic heterocycles. The largest absolute Gasteiger partial charge is 0.370 e. The van der Waals surface area contributed by atoms with Crippen LogP contribution in [0.4, 0.5) is 10.8 Å². The lowest BCUT2D eigenvalue weighted by atomic mass is 10.3. The van der Waals surface area contributed by atoms with E-state index in [4.69, 9.17) is 5.73 Å². The summed E-state index contributed by atoms with van der Waals surface area (Å²) < 4.78 is 0.828. The Morgan fingerprint density at radius 2 is 2.11 bits per heavy atom. The minimum atomic E-state index is -0.297. The number of primary amides is 1. The van der Waals surface area contributed by atoms with E-state index in [0.717, 1.165) is 15.2 Å². The molecule has 3 N–H and O–H groups in total. The molecule has 0 atom stereocenters. The van der Waals surface area contributed by atoms with Crippen LogP contribution in [-0.2, 0) is 4.79 Å². The van der Waals surface area contributed by atoms with Gasteiger partial charge in [-0.15, -0.1) is 10.2 Å². The number of hydrogen-bond acceptors (Lipinski definition) is 6. The first-order chi connectivity index (χ1) is 8.74. The highest BCUT2D eigenvalue weighted by molar-refractivity contribution is 8.01. The van der Waals surface area contributed by atoms with Crippen LogP contribution in [0.15, 0.2) is 34.7 Å². The molecule has 7 heteroatoms. The second-order valence-electron chi connectivity index (χ2n) is 3.43. The molecule has 0 fully saturated rings. The minimum absolute atomic E-state index is 0.297. The number of nitrogens with one attached hydrogen (secondary N) is 1. The maximum absolute atomic E-state index is 10.6. The van der Waals surface area contributed by atoms with Gasteiger partial charge in [-0.05, 0) is 12.1 Å². The molecular formula is C11H12N4OS2. The molecular weight excluding hydrogens is 268 g/mol. The van der Waals surface area contributed by atoms with Gasteiger partial charge in [-0.2, -0.15) is 0 Å². The Morgan fingerprint density at radius 3 is 2.83 bits per heavy atom. The van der Waals surface area contributed by atoms with Crippen molar-refractivity contribution in [3.8, 4) is 0 Å². The van der Waals surface area contributed by atoms with Gasteiger partial charge in [-0.25, -0.2) is 0 Å². The molecule has 18 heavy (non-hydrogen) atoms. The van der Waals surface area contributed by atoms with E-state index in [1.165, 1.54) is 23.1 Å². The van der Waals surface area contributed by atoms with Crippen LogP contribution in [0.3, 0.4) is 0 Å². The molecule has 0 aliphatic carbocycles. The molecule has 0 aliphatic heterocycles. The van der Waals surface area contributed by atoms with Crippen LogP contribution < -0.4 is 11.1 Å². The maximum Gasteiger partial charge on any atom is 0.218 e. The van der Waals surface area contributed by atoms with Crippen molar-refractivity contribution in [1.29, 1.82) is 0 Å². The fraction of sp³-hybridized carbons (Fsp3) is 0.182. The number of thioether (sulfide) groups is 1. The summed E-state index contributed by atoms with van der Waals surface area (Å²) in [6.07, 6.45) is 0.353. The van der Waals surface area contributed by atoms with Crippen molar-refractivity contribution in [2.75, 3.05) is 11.1 Å². The van der Waals surface area contributed by atoms with Gasteiger partial charge in [0.15, 0.2) is 4.34 Å². The number of nitrogens with two attached hydrogens (primary N) is 1. The summed E-state index contributed by atoms with van der Waals surface area (Å²) >= 11 is 2.94. The van der Waals surface area contributed by atoms with Crippen LogP contribution in [0.25, 0.3) is 0 Å². The molecule has 0 unspecified atom stereocenters. The third-order valence-electron chi connectivity index (χ3n) is 2.01. The van der Waals surface area contributed by atoms with Crippen molar-refractivity contribution >= 4 is 39.8 Å². The second kappa shape index (κ2) is 6.36. The van der Waals surface area contributed by atoms with Crippen LogP contribution in [0.1, 0.15) is 6.42 Å². The predicted octanol–water partition coefficient (Wildman–Crippen LogP) is 2.25. The highest BCUT2D eigenvalue weighted by Crippen LogP contribution is 2.27. The highest BCUT2D eigenvalue weighted by atomic mass is 32.2. The molecule has 1 aromatic carbocycles. The molecule has 0 radical (unpaired) electrons. The van der Waals surface area contributed by atoms with Gasteiger partial charge in [0.2, 0.25) is 11.0 Å². The van der Waals surface area contributed by atoms with Gasteiger partial charge in [0.05, 0.1) is 0 Å². The Balaban J connectivity index is 1.88. The smallest absolute Gasteiger partial charge is 0.218 e. The summed E-state index contributed by atoms with van der Waals surface area (Å²) in [5, 5.41) is 12.0. The number of aromatic nitrogens is 2. The lowest BCUT2D eigenvalue weighted by Gasteiger charge is -1.99. The first-order valence-corrected chi connectivity index (χ1v) is 7.11. The summed E-state index contributed by atoms with van der Waals surface area (Å²) in [7, 11) is 0. The van der Waals surface area contributed by atoms with Crippen molar-refractivity contribution in [1.82, 2.24) is 10.2 Å². The number of hydrogen-bond donors (Lipinski definition) is 2. The van der Waals surface area contributed by atoms with Crippen LogP contribution in [0.2, 0.25) is 0 Å². The highest BCUT2D eigenvalue weighted by Gasteiger charge is 2.05. The fourth-order valence-electron chi connectivity index (χ4n) is 1.20. The summed E-state index contributed by atoms with van der Waals surface area (Å²) in [4.78, 5) is 10.6. The van der Waals surface area contributed by atoms with E-state index in [9.17, 15) is 4.79 Å². The van der Waals surface area contributed by atoms with Gasteiger partial charge in [0.1, 0.15) is 0 Å². The molecule has 1 heterocycles. The third-order valence-corrected chi connectivity index (χ3v) is 3.98. The molecule has 1 amide bonds. The van der Waals surface area contributed by atoms with Crippen molar-refractivity contribution in [2.24, 2.45) is 5.73 Å². The van der Waals surface area contributed by atoms with Crippen molar-refractivity contribution in [3.63, 3.8) is 0 Å². The Kier molecular flexibility index (Phi) is 4.54. The van der Waals surface area contributed by atoms with Crippen LogP contribution >= 0.6 is 23.1 Å². The van der Waals surface area contributed by atoms with Crippen molar-refractivity contribution in [2.45, 2.75) is 10.8 Å². The van der Waals surface area contributed by atoms with Gasteiger partial charge in [-0.3, -0.25) is 4.79 Å². The lowest BCUT2D eigenvalue weighted by molar-refractivity contribution is -0.117. The molecule has 0 spiro atoms. The zero-order chi connectivity index (χ0) is 12.8. The van der Waals surface area contributed by atoms with Crippen molar-refractivity contribution in [3.05, 3.63) is 30.3 Å². The number of carbonyl (C=O) groups is 1. The Hall–Kier alpha value is -1.60. The number of nitrogens with zero attached hydrogens (tertiary/aromatic N) is 2. The zero-order valence-corrected chi connectivity index (χ0v) is 11.1. The van der Waals surface area contributed by atoms with Gasteiger partial charge in [0.25, 0.3) is 0 Å². The van der Waals surface area contributed by atoms with E-state index in [1.54, 1.807) is 0 Å². The first kappa shape index (κ1) is 12.8. The Labute approximate surface area is 113 Å². The number of para-hydroxylation sites is 1. The number of benzene rings is 1. The normalized spacial score (nSPS) is 10.2. The molecule has 5 nitrogen and oxygen atoms in total. The molecule has 0 bridgehead atoms. The van der Waals surface area contributed by atoms with Crippen LogP contribution in [0.5, 0.6) is 0 Å². The van der Waals surface area contributed by atoms with Gasteiger partial charge in [-0.1, -0.05) is 41.3 Å². The monoisotopic (exact) mass is 280 g/mol. The average Bonchev–Trinajstić information content (AvgIpc) is 2.78. The molecule has 0 saturated carbocycles. The van der Waals surface area contributed by atoms with Gasteiger partial charge < -0.3 is 11.1 Å². The summed E-state index contributed by atoms with van der Waals surface area (Å²) in [5.41, 5.74) is 6.04. The second-order valence-corrected chi connectivity index (χ2v) is 5.75. The van der Waals surface area contributed by atoms with Gasteiger partial charge in [0, 0.05) is 17.9 Å². The number of rotatable bonds is 6. The zero-order valence-electron chi connectivity index (χ0n) is 9.50. The van der Waals surface area contributed by atoms with E-state index in [0.29, 0.717) is 12.2 Å². The van der Waals surface area contributed by atoms with E-state index >= 15 is 0 Å². The number of anilines is 2. The van der Waals surface area contributed by atoms with Crippen LogP contribution in [0, 0.1) is 0 Å². The van der Waals surface area contributed by atoms with E-state index in [-0.39, 0.29) is 5.91 Å². The molecule has 2 aromatic rings. The summed E-state index contributed by atoms with van der Waals surface area (Å²) in [5.74, 6) is 0.338. The van der Waals surface area contributed by atoms with Crippen LogP contribution in [-0.4, -0.2) is 21.9 Å². The Bertz CT molecular complexity index is 515. The fourth-order valence-corrected chi connectivity index (χ4v) is 3.00. The quantitative estimate of drug-likeness (QED) is 0.793. The third kappa shape index (κ3) is 4.01. The van der Waals surface area contributed by atoms with E-state index in [2.05, 4.69) is 15.5 Å². The first-order valence-electron chi connectivity index (χ1n) is 5.31. The van der Waals surface area contributed by atoms with Gasteiger partial charge >= 0.3 is 0 Å². The topological polar surface area (TPSA) is 80.9 Å². The standard InChI is InChI=1S/C11H12N4OS2/c12-9(16)6-7-17-11-15-14-10(18-11)13-8-4-2-1-3-5-8/h1-5H,6-7H2,(H2,12,16)(H,13,14). The molecule has 0 aliphatic rings. The van der Waals surface area contributed by atoms with Crippen molar-refractivity contribution < 1.29 is 4.79 Å². The SMILES string of the molecule is NC(=O)CCSc1nnc(Nc2ccccc2)s1. The summed E-state index contributed by atoms with van der Waals surface area (Å²) in [6.45, 7) is 0.